The molecule has 1 aliphatic rings. The SMILES string of the molecule is COC(=O)C(CC=O)(OC)O[C@@H](C=O)[C@@H](O)[C@@H]1COC(C)(C)O1. The molecule has 132 valence electrons. The molecule has 1 saturated heterocycles. The second kappa shape index (κ2) is 7.93. The van der Waals surface area contributed by atoms with E-state index in [1.807, 2.05) is 0 Å². The van der Waals surface area contributed by atoms with Gasteiger partial charge in [-0.1, -0.05) is 0 Å². The van der Waals surface area contributed by atoms with Crippen LogP contribution in [0, 0.1) is 0 Å². The second-order valence-corrected chi connectivity index (χ2v) is 5.40. The normalized spacial score (nSPS) is 25.2. The van der Waals surface area contributed by atoms with E-state index in [0.717, 1.165) is 14.2 Å². The number of carbonyl (C=O) groups excluding carboxylic acids is 3. The van der Waals surface area contributed by atoms with Gasteiger partial charge >= 0.3 is 5.97 Å². The van der Waals surface area contributed by atoms with Crippen LogP contribution in [-0.4, -0.2) is 74.4 Å². The molecule has 0 amide bonds. The van der Waals surface area contributed by atoms with Crippen molar-refractivity contribution in [3.8, 4) is 0 Å². The van der Waals surface area contributed by atoms with E-state index in [0.29, 0.717) is 12.6 Å². The Morgan fingerprint density at radius 2 is 2.09 bits per heavy atom. The van der Waals surface area contributed by atoms with E-state index in [4.69, 9.17) is 18.9 Å². The molecule has 0 aromatic rings. The molecule has 0 radical (unpaired) electrons. The summed E-state index contributed by atoms with van der Waals surface area (Å²) in [5, 5.41) is 10.3. The van der Waals surface area contributed by atoms with Gasteiger partial charge in [0.25, 0.3) is 5.79 Å². The quantitative estimate of drug-likeness (QED) is 0.328. The van der Waals surface area contributed by atoms with Gasteiger partial charge in [0, 0.05) is 7.11 Å². The largest absolute Gasteiger partial charge is 0.465 e. The number of aliphatic hydroxyl groups excluding tert-OH is 1. The van der Waals surface area contributed by atoms with E-state index in [1.54, 1.807) is 13.8 Å². The van der Waals surface area contributed by atoms with E-state index in [1.165, 1.54) is 0 Å². The molecule has 1 rings (SSSR count). The summed E-state index contributed by atoms with van der Waals surface area (Å²) in [4.78, 5) is 34.0. The Labute approximate surface area is 133 Å². The van der Waals surface area contributed by atoms with Crippen molar-refractivity contribution in [2.75, 3.05) is 20.8 Å². The van der Waals surface area contributed by atoms with E-state index in [9.17, 15) is 19.5 Å². The van der Waals surface area contributed by atoms with Gasteiger partial charge in [0.2, 0.25) is 0 Å². The van der Waals surface area contributed by atoms with Crippen LogP contribution in [0.4, 0.5) is 0 Å². The van der Waals surface area contributed by atoms with E-state index < -0.39 is 42.3 Å². The monoisotopic (exact) mass is 334 g/mol. The number of hydrogen-bond acceptors (Lipinski definition) is 9. The molecule has 4 atom stereocenters. The highest BCUT2D eigenvalue weighted by atomic mass is 16.8. The molecule has 0 aromatic heterocycles. The predicted molar refractivity (Wildman–Crippen MR) is 74.3 cm³/mol. The van der Waals surface area contributed by atoms with Gasteiger partial charge in [-0.3, -0.25) is 0 Å². The summed E-state index contributed by atoms with van der Waals surface area (Å²) < 4.78 is 25.5. The van der Waals surface area contributed by atoms with Gasteiger partial charge in [-0.05, 0) is 13.8 Å². The lowest BCUT2D eigenvalue weighted by molar-refractivity contribution is -0.262. The topological polar surface area (TPSA) is 118 Å². The molecule has 1 aliphatic heterocycles. The van der Waals surface area contributed by atoms with Crippen molar-refractivity contribution in [2.45, 2.75) is 50.2 Å². The number of hydrogen-bond donors (Lipinski definition) is 1. The molecule has 23 heavy (non-hydrogen) atoms. The van der Waals surface area contributed by atoms with Crippen LogP contribution in [0.3, 0.4) is 0 Å². The fourth-order valence-corrected chi connectivity index (χ4v) is 2.15. The van der Waals surface area contributed by atoms with Crippen LogP contribution in [-0.2, 0) is 38.1 Å². The minimum Gasteiger partial charge on any atom is -0.465 e. The van der Waals surface area contributed by atoms with Crippen LogP contribution in [0.15, 0.2) is 0 Å². The average molecular weight is 334 g/mol. The first-order valence-electron chi connectivity index (χ1n) is 6.95. The highest BCUT2D eigenvalue weighted by Crippen LogP contribution is 2.28. The molecule has 0 aliphatic carbocycles. The lowest BCUT2D eigenvalue weighted by Gasteiger charge is -2.33. The zero-order chi connectivity index (χ0) is 17.7. The first-order chi connectivity index (χ1) is 10.7. The van der Waals surface area contributed by atoms with Crippen molar-refractivity contribution in [1.82, 2.24) is 0 Å². The zero-order valence-electron chi connectivity index (χ0n) is 13.5. The van der Waals surface area contributed by atoms with E-state index >= 15 is 0 Å². The third kappa shape index (κ3) is 4.55. The zero-order valence-corrected chi connectivity index (χ0v) is 13.5. The second-order valence-electron chi connectivity index (χ2n) is 5.40. The van der Waals surface area contributed by atoms with E-state index in [2.05, 4.69) is 4.74 Å². The van der Waals surface area contributed by atoms with Gasteiger partial charge in [0.05, 0.1) is 20.1 Å². The van der Waals surface area contributed by atoms with Crippen LogP contribution in [0.2, 0.25) is 0 Å². The Hall–Kier alpha value is -1.39. The highest BCUT2D eigenvalue weighted by molar-refractivity contribution is 5.81. The molecular formula is C14H22O9. The molecule has 1 heterocycles. The fraction of sp³-hybridized carbons (Fsp3) is 0.786. The average Bonchev–Trinajstić information content (AvgIpc) is 2.90. The van der Waals surface area contributed by atoms with E-state index in [-0.39, 0.29) is 6.61 Å². The van der Waals surface area contributed by atoms with Gasteiger partial charge in [-0.25, -0.2) is 4.79 Å². The molecule has 1 unspecified atom stereocenters. The molecule has 0 aromatic carbocycles. The number of rotatable bonds is 9. The van der Waals surface area contributed by atoms with Gasteiger partial charge in [0.15, 0.2) is 12.1 Å². The smallest absolute Gasteiger partial charge is 0.367 e. The summed E-state index contributed by atoms with van der Waals surface area (Å²) in [6.45, 7) is 3.33. The minimum absolute atomic E-state index is 0.0355. The van der Waals surface area contributed by atoms with Crippen molar-refractivity contribution < 1.29 is 43.2 Å². The fourth-order valence-electron chi connectivity index (χ4n) is 2.15. The summed E-state index contributed by atoms with van der Waals surface area (Å²) in [5.74, 6) is -4.05. The maximum absolute atomic E-state index is 11.9. The van der Waals surface area contributed by atoms with Crippen molar-refractivity contribution in [1.29, 1.82) is 0 Å². The molecule has 1 N–H and O–H groups in total. The number of ether oxygens (including phenoxy) is 5. The van der Waals surface area contributed by atoms with Gasteiger partial charge in [0.1, 0.15) is 24.6 Å². The summed E-state index contributed by atoms with van der Waals surface area (Å²) in [6.07, 6.45) is -3.60. The summed E-state index contributed by atoms with van der Waals surface area (Å²) in [6, 6.07) is 0. The first kappa shape index (κ1) is 19.7. The van der Waals surface area contributed by atoms with Crippen molar-refractivity contribution in [3.05, 3.63) is 0 Å². The van der Waals surface area contributed by atoms with Crippen LogP contribution < -0.4 is 0 Å². The Kier molecular flexibility index (Phi) is 6.78. The minimum atomic E-state index is -2.13. The maximum atomic E-state index is 11.9. The van der Waals surface area contributed by atoms with Crippen LogP contribution >= 0.6 is 0 Å². The first-order valence-corrected chi connectivity index (χ1v) is 6.95. The lowest BCUT2D eigenvalue weighted by Crippen LogP contribution is -2.52. The third-order valence-corrected chi connectivity index (χ3v) is 3.39. The van der Waals surface area contributed by atoms with Gasteiger partial charge < -0.3 is 38.4 Å². The standard InChI is InChI=1S/C14H22O9/c1-13(2)21-8-10(22-13)11(17)9(7-16)23-14(20-4,5-6-15)12(18)19-3/h6-7,9-11,17H,5,8H2,1-4H3/t9-,10-,11+,14?/m0/s1. The Bertz CT molecular complexity index is 436. The van der Waals surface area contributed by atoms with Crippen molar-refractivity contribution in [3.63, 3.8) is 0 Å². The number of esters is 1. The third-order valence-electron chi connectivity index (χ3n) is 3.39. The Morgan fingerprint density at radius 3 is 2.48 bits per heavy atom. The predicted octanol–water partition coefficient (Wildman–Crippen LogP) is -0.812. The van der Waals surface area contributed by atoms with Crippen LogP contribution in [0.5, 0.6) is 0 Å². The van der Waals surface area contributed by atoms with Crippen LogP contribution in [0.1, 0.15) is 20.3 Å². The molecule has 9 heteroatoms. The van der Waals surface area contributed by atoms with Crippen molar-refractivity contribution in [2.24, 2.45) is 0 Å². The van der Waals surface area contributed by atoms with Gasteiger partial charge in [-0.15, -0.1) is 0 Å². The van der Waals surface area contributed by atoms with Crippen LogP contribution in [0.25, 0.3) is 0 Å². The molecule has 9 nitrogen and oxygen atoms in total. The molecule has 0 saturated carbocycles. The Balaban J connectivity index is 2.92. The molecule has 0 bridgehead atoms. The summed E-state index contributed by atoms with van der Waals surface area (Å²) in [5.41, 5.74) is 0. The lowest BCUT2D eigenvalue weighted by atomic mass is 10.1. The van der Waals surface area contributed by atoms with Gasteiger partial charge in [-0.2, -0.15) is 0 Å². The molecule has 0 spiro atoms. The highest BCUT2D eigenvalue weighted by Gasteiger charge is 2.47. The Morgan fingerprint density at radius 1 is 1.43 bits per heavy atom. The molecular weight excluding hydrogens is 312 g/mol. The number of methoxy groups -OCH3 is 2. The summed E-state index contributed by atoms with van der Waals surface area (Å²) >= 11 is 0. The summed E-state index contributed by atoms with van der Waals surface area (Å²) in [7, 11) is 2.19. The van der Waals surface area contributed by atoms with Crippen molar-refractivity contribution >= 4 is 18.5 Å². The number of carbonyl (C=O) groups is 3. The number of aliphatic hydroxyl groups is 1. The molecule has 1 fully saturated rings. The maximum Gasteiger partial charge on any atom is 0.367 e. The number of aldehydes is 2.